The number of piperidine rings is 1. The molecular formula is C50H51FN8O7. The van der Waals surface area contributed by atoms with Crippen LogP contribution in [-0.2, 0) is 25.7 Å². The molecule has 2 aromatic heterocycles. The lowest BCUT2D eigenvalue weighted by Gasteiger charge is -2.36. The van der Waals surface area contributed by atoms with Crippen LogP contribution in [0.15, 0.2) is 85.1 Å². The van der Waals surface area contributed by atoms with Gasteiger partial charge in [0.2, 0.25) is 5.91 Å². The van der Waals surface area contributed by atoms with Crippen molar-refractivity contribution in [1.82, 2.24) is 40.4 Å². The number of likely N-dealkylation sites (tertiary alicyclic amines) is 2. The number of nitrogens with zero attached hydrogens (tertiary/aromatic N) is 4. The van der Waals surface area contributed by atoms with Crippen LogP contribution in [0.4, 0.5) is 14.0 Å². The number of halogens is 1. The molecule has 4 amide bonds. The van der Waals surface area contributed by atoms with Crippen LogP contribution in [0.2, 0.25) is 0 Å². The normalized spacial score (nSPS) is 20.4. The number of alkyl carbamates (subject to hydrolysis) is 2. The summed E-state index contributed by atoms with van der Waals surface area (Å²) in [7, 11) is 2.55. The van der Waals surface area contributed by atoms with E-state index in [9.17, 15) is 19.2 Å². The first-order valence-corrected chi connectivity index (χ1v) is 22.5. The maximum absolute atomic E-state index is 16.4. The highest BCUT2D eigenvalue weighted by molar-refractivity contribution is 5.89. The molecule has 0 radical (unpaired) electrons. The third kappa shape index (κ3) is 7.57. The number of methoxy groups -OCH3 is 2. The fourth-order valence-electron chi connectivity index (χ4n) is 10.5. The highest BCUT2D eigenvalue weighted by Gasteiger charge is 2.51. The van der Waals surface area contributed by atoms with Crippen molar-refractivity contribution in [3.05, 3.63) is 114 Å². The summed E-state index contributed by atoms with van der Waals surface area (Å²) >= 11 is 0. The minimum atomic E-state index is -0.906. The molecule has 4 aliphatic rings. The molecule has 340 valence electrons. The summed E-state index contributed by atoms with van der Waals surface area (Å²) in [6.07, 6.45) is 4.41. The van der Waals surface area contributed by atoms with Gasteiger partial charge >= 0.3 is 12.2 Å². The Morgan fingerprint density at radius 1 is 0.833 bits per heavy atom. The molecule has 4 aromatic carbocycles. The van der Waals surface area contributed by atoms with E-state index >= 15 is 4.39 Å². The number of H-pyrrole nitrogens is 2. The predicted octanol–water partition coefficient (Wildman–Crippen LogP) is 8.51. The van der Waals surface area contributed by atoms with E-state index in [-0.39, 0.29) is 54.1 Å². The number of aromatic amines is 2. The largest absolute Gasteiger partial charge is 0.485 e. The zero-order valence-corrected chi connectivity index (χ0v) is 37.1. The molecule has 6 atom stereocenters. The molecule has 6 aromatic rings. The Morgan fingerprint density at radius 3 is 2.36 bits per heavy atom. The summed E-state index contributed by atoms with van der Waals surface area (Å²) in [5.74, 6) is 0.561. The second kappa shape index (κ2) is 17.3. The monoisotopic (exact) mass is 894 g/mol. The molecule has 5 heterocycles. The molecular weight excluding hydrogens is 844 g/mol. The van der Waals surface area contributed by atoms with Crippen molar-refractivity contribution < 1.29 is 37.8 Å². The van der Waals surface area contributed by atoms with E-state index in [4.69, 9.17) is 19.2 Å². The fourth-order valence-corrected chi connectivity index (χ4v) is 10.5. The van der Waals surface area contributed by atoms with E-state index < -0.39 is 30.1 Å². The number of ether oxygens (including phenoxy) is 3. The van der Waals surface area contributed by atoms with Crippen LogP contribution in [-0.4, -0.2) is 86.6 Å². The molecule has 4 N–H and O–H groups in total. The van der Waals surface area contributed by atoms with E-state index in [1.54, 1.807) is 17.2 Å². The number of rotatable bonds is 10. The van der Waals surface area contributed by atoms with Gasteiger partial charge in [0.1, 0.15) is 30.3 Å². The van der Waals surface area contributed by atoms with Gasteiger partial charge in [-0.25, -0.2) is 23.9 Å². The number of aromatic nitrogens is 4. The molecule has 1 saturated carbocycles. The molecule has 1 aliphatic carbocycles. The third-order valence-electron chi connectivity index (χ3n) is 13.8. The van der Waals surface area contributed by atoms with Gasteiger partial charge in [-0.15, -0.1) is 0 Å². The molecule has 3 aliphatic heterocycles. The molecule has 2 bridgehead atoms. The lowest BCUT2D eigenvalue weighted by molar-refractivity contribution is -0.138. The van der Waals surface area contributed by atoms with E-state index in [2.05, 4.69) is 37.7 Å². The summed E-state index contributed by atoms with van der Waals surface area (Å²) in [6, 6.07) is 22.7. The first-order valence-electron chi connectivity index (χ1n) is 22.5. The van der Waals surface area contributed by atoms with Gasteiger partial charge in [-0.05, 0) is 102 Å². The van der Waals surface area contributed by atoms with Crippen molar-refractivity contribution in [2.24, 2.45) is 11.8 Å². The van der Waals surface area contributed by atoms with Crippen molar-refractivity contribution in [3.8, 4) is 39.3 Å². The number of nitrogens with one attached hydrogen (secondary N) is 4. The van der Waals surface area contributed by atoms with Gasteiger partial charge < -0.3 is 44.6 Å². The average Bonchev–Trinajstić information content (AvgIpc) is 4.21. The van der Waals surface area contributed by atoms with Crippen molar-refractivity contribution in [2.75, 3.05) is 20.8 Å². The molecule has 10 rings (SSSR count). The zero-order chi connectivity index (χ0) is 45.8. The molecule has 16 heteroatoms. The van der Waals surface area contributed by atoms with Crippen LogP contribution in [0.1, 0.15) is 86.9 Å². The van der Waals surface area contributed by atoms with E-state index in [1.165, 1.54) is 14.2 Å². The van der Waals surface area contributed by atoms with E-state index in [0.717, 1.165) is 64.8 Å². The molecule has 1 unspecified atom stereocenters. The molecule has 66 heavy (non-hydrogen) atoms. The van der Waals surface area contributed by atoms with Gasteiger partial charge in [0.05, 0.1) is 49.2 Å². The number of hydrogen-bond acceptors (Lipinski definition) is 9. The smallest absolute Gasteiger partial charge is 0.407 e. The Kier molecular flexibility index (Phi) is 11.2. The van der Waals surface area contributed by atoms with Crippen LogP contribution < -0.4 is 15.4 Å². The predicted molar refractivity (Wildman–Crippen MR) is 242 cm³/mol. The highest BCUT2D eigenvalue weighted by Crippen LogP contribution is 2.51. The van der Waals surface area contributed by atoms with Gasteiger partial charge in [-0.2, -0.15) is 0 Å². The van der Waals surface area contributed by atoms with Crippen LogP contribution in [0.5, 0.6) is 5.75 Å². The van der Waals surface area contributed by atoms with E-state index in [0.29, 0.717) is 41.2 Å². The zero-order valence-electron chi connectivity index (χ0n) is 37.1. The Balaban J connectivity index is 0.878. The number of benzene rings is 4. The lowest BCUT2D eigenvalue weighted by atomic mass is 9.92. The minimum Gasteiger partial charge on any atom is -0.485 e. The fraction of sp³-hybridized carbons (Fsp3) is 0.360. The number of imidazole rings is 2. The number of amides is 4. The second-order valence-electron chi connectivity index (χ2n) is 17.9. The second-order valence-corrected chi connectivity index (χ2v) is 17.9. The standard InChI is InChI=1S/C50H51FN8O7/c1-26(2)41(56-49(62)64-3)47(60)58-20-8-11-39(58)45-52-24-38(55-45)35-18-17-34-33-16-13-28(21-31(33)25-66-44(34)40(35)51)29-14-19-36-37(23-29)54-46(53-36)43-30-12-15-32(22-30)59(43)48(61)42(57-50(63)65-4)27-9-6-5-7-10-27/h5-7,9-10,13-14,16-19,21,23-24,26,30,32,39,41-43H,8,11-12,15,20,22,25H2,1-4H3,(H,52,55)(H,53,54)(H,56,62)(H,57,63)/t30-,32+,39-,41?,42+,43-/m0/s1. The van der Waals surface area contributed by atoms with Crippen molar-refractivity contribution >= 4 is 35.0 Å². The van der Waals surface area contributed by atoms with Crippen molar-refractivity contribution in [3.63, 3.8) is 0 Å². The minimum absolute atomic E-state index is 0.0395. The summed E-state index contributed by atoms with van der Waals surface area (Å²) in [5.41, 5.74) is 7.40. The Bertz CT molecular complexity index is 2860. The number of fused-ring (bicyclic) bond motifs is 6. The van der Waals surface area contributed by atoms with Gasteiger partial charge in [0.15, 0.2) is 11.6 Å². The average molecular weight is 895 g/mol. The third-order valence-corrected chi connectivity index (χ3v) is 13.8. The van der Waals surface area contributed by atoms with Gasteiger partial charge in [0.25, 0.3) is 5.91 Å². The van der Waals surface area contributed by atoms with Gasteiger partial charge in [0, 0.05) is 23.7 Å². The summed E-state index contributed by atoms with van der Waals surface area (Å²) in [4.78, 5) is 72.6. The van der Waals surface area contributed by atoms with Crippen molar-refractivity contribution in [2.45, 2.75) is 82.8 Å². The maximum Gasteiger partial charge on any atom is 0.407 e. The van der Waals surface area contributed by atoms with Crippen LogP contribution in [0.25, 0.3) is 44.5 Å². The number of carbonyl (C=O) groups excluding carboxylic acids is 4. The first-order chi connectivity index (χ1) is 32.0. The molecule has 3 fully saturated rings. The Hall–Kier alpha value is -7.23. The number of carbonyl (C=O) groups is 4. The molecule has 15 nitrogen and oxygen atoms in total. The van der Waals surface area contributed by atoms with Gasteiger partial charge in [-0.3, -0.25) is 9.59 Å². The maximum atomic E-state index is 16.4. The Morgan fingerprint density at radius 2 is 1.58 bits per heavy atom. The summed E-state index contributed by atoms with van der Waals surface area (Å²) in [5, 5.41) is 5.44. The Labute approximate surface area is 380 Å². The summed E-state index contributed by atoms with van der Waals surface area (Å²) in [6.45, 7) is 4.40. The van der Waals surface area contributed by atoms with Crippen LogP contribution in [0, 0.1) is 17.7 Å². The SMILES string of the molecule is COC(=O)NC(C(=O)N1CCC[C@H]1c1ncc(-c2ccc3c(c2F)OCc2cc(-c4ccc5nc([C@@H]6[C@H]7CC[C@H](C7)N6C(=O)[C@H](NC(=O)OC)c6ccccc6)[nH]c5c4)ccc2-3)[nH]1)C(C)C. The van der Waals surface area contributed by atoms with Crippen LogP contribution >= 0.6 is 0 Å². The summed E-state index contributed by atoms with van der Waals surface area (Å²) < 4.78 is 32.3. The lowest BCUT2D eigenvalue weighted by Crippen LogP contribution is -2.51. The first kappa shape index (κ1) is 42.7. The molecule has 2 saturated heterocycles. The van der Waals surface area contributed by atoms with Crippen molar-refractivity contribution in [1.29, 1.82) is 0 Å². The molecule has 0 spiro atoms. The van der Waals surface area contributed by atoms with Gasteiger partial charge in [-0.1, -0.05) is 62.4 Å². The quantitative estimate of drug-likeness (QED) is 0.105. The topological polar surface area (TPSA) is 184 Å². The number of hydrogen-bond donors (Lipinski definition) is 4. The highest BCUT2D eigenvalue weighted by atomic mass is 19.1. The van der Waals surface area contributed by atoms with Crippen LogP contribution in [0.3, 0.4) is 0 Å². The van der Waals surface area contributed by atoms with E-state index in [1.807, 2.05) is 79.4 Å².